The third-order valence-corrected chi connectivity index (χ3v) is 6.09. The highest BCUT2D eigenvalue weighted by atomic mass is 35.5. The predicted octanol–water partition coefficient (Wildman–Crippen LogP) is 3.98. The van der Waals surface area contributed by atoms with Gasteiger partial charge in [0.05, 0.1) is 12.0 Å². The van der Waals surface area contributed by atoms with Gasteiger partial charge in [0.2, 0.25) is 5.91 Å². The second kappa shape index (κ2) is 8.04. The summed E-state index contributed by atoms with van der Waals surface area (Å²) in [6, 6.07) is 16.7. The fraction of sp³-hybridized carbons (Fsp3) is 0.435. The first-order chi connectivity index (χ1) is 13.5. The molecule has 0 aliphatic carbocycles. The van der Waals surface area contributed by atoms with E-state index in [1.807, 2.05) is 12.1 Å². The monoisotopic (exact) mass is 397 g/mol. The molecule has 0 unspecified atom stereocenters. The Bertz CT molecular complexity index is 836. The van der Waals surface area contributed by atoms with Crippen LogP contribution in [0.4, 0.5) is 11.4 Å². The summed E-state index contributed by atoms with van der Waals surface area (Å²) in [5, 5.41) is 3.93. The van der Waals surface area contributed by atoms with Gasteiger partial charge in [0.15, 0.2) is 0 Å². The highest BCUT2D eigenvalue weighted by Gasteiger charge is 2.41. The van der Waals surface area contributed by atoms with Crippen LogP contribution in [0.1, 0.15) is 19.4 Å². The van der Waals surface area contributed by atoms with Crippen molar-refractivity contribution in [3.05, 3.63) is 59.1 Å². The van der Waals surface area contributed by atoms with Crippen LogP contribution in [0.2, 0.25) is 5.02 Å². The molecule has 1 saturated heterocycles. The van der Waals surface area contributed by atoms with Gasteiger partial charge in [0.1, 0.15) is 0 Å². The minimum Gasteiger partial charge on any atom is -0.368 e. The van der Waals surface area contributed by atoms with E-state index in [-0.39, 0.29) is 17.9 Å². The number of halogens is 1. The zero-order valence-electron chi connectivity index (χ0n) is 16.6. The Morgan fingerprint density at radius 3 is 2.64 bits per heavy atom. The topological polar surface area (TPSA) is 35.6 Å². The molecule has 2 aromatic rings. The molecule has 1 N–H and O–H groups in total. The van der Waals surface area contributed by atoms with E-state index in [4.69, 9.17) is 11.6 Å². The molecular weight excluding hydrogens is 370 g/mol. The number of carbonyl (C=O) groups is 1. The second-order valence-corrected chi connectivity index (χ2v) is 8.70. The van der Waals surface area contributed by atoms with E-state index in [1.165, 1.54) is 16.9 Å². The van der Waals surface area contributed by atoms with Crippen molar-refractivity contribution < 1.29 is 4.79 Å². The molecule has 1 fully saturated rings. The van der Waals surface area contributed by atoms with Crippen molar-refractivity contribution in [3.8, 4) is 0 Å². The third-order valence-electron chi connectivity index (χ3n) is 5.84. The molecule has 2 atom stereocenters. The molecule has 2 aliphatic rings. The Labute approximate surface area is 172 Å². The average Bonchev–Trinajstić information content (AvgIpc) is 2.71. The van der Waals surface area contributed by atoms with E-state index in [0.29, 0.717) is 5.92 Å². The molecule has 0 bridgehead atoms. The molecule has 148 valence electrons. The number of fused-ring (bicyclic) bond motifs is 3. The molecule has 28 heavy (non-hydrogen) atoms. The van der Waals surface area contributed by atoms with Gasteiger partial charge in [0.25, 0.3) is 0 Å². The van der Waals surface area contributed by atoms with Gasteiger partial charge < -0.3 is 15.1 Å². The number of anilines is 2. The first kappa shape index (κ1) is 19.1. The first-order valence-corrected chi connectivity index (χ1v) is 10.5. The summed E-state index contributed by atoms with van der Waals surface area (Å²) in [6.07, 6.45) is 0.801. The summed E-state index contributed by atoms with van der Waals surface area (Å²) in [5.41, 5.74) is 3.74. The van der Waals surface area contributed by atoms with E-state index >= 15 is 0 Å². The molecule has 2 aliphatic heterocycles. The van der Waals surface area contributed by atoms with Gasteiger partial charge in [-0.05, 0) is 48.2 Å². The third kappa shape index (κ3) is 3.83. The number of nitrogens with zero attached hydrogens (tertiary/aromatic N) is 2. The van der Waals surface area contributed by atoms with Gasteiger partial charge in [-0.3, -0.25) is 4.79 Å². The molecule has 2 aromatic carbocycles. The van der Waals surface area contributed by atoms with Gasteiger partial charge in [-0.1, -0.05) is 43.6 Å². The van der Waals surface area contributed by atoms with Crippen LogP contribution >= 0.6 is 11.6 Å². The lowest BCUT2D eigenvalue weighted by Crippen LogP contribution is -2.61. The summed E-state index contributed by atoms with van der Waals surface area (Å²) in [4.78, 5) is 17.9. The van der Waals surface area contributed by atoms with E-state index < -0.39 is 0 Å². The van der Waals surface area contributed by atoms with E-state index in [0.717, 1.165) is 37.6 Å². The molecule has 4 nitrogen and oxygen atoms in total. The smallest absolute Gasteiger partial charge is 0.225 e. The van der Waals surface area contributed by atoms with Crippen LogP contribution in [0.15, 0.2) is 48.5 Å². The van der Waals surface area contributed by atoms with Crippen LogP contribution in [-0.2, 0) is 11.2 Å². The van der Waals surface area contributed by atoms with Crippen molar-refractivity contribution in [2.24, 2.45) is 11.8 Å². The van der Waals surface area contributed by atoms with E-state index in [1.54, 1.807) is 0 Å². The van der Waals surface area contributed by atoms with Gasteiger partial charge in [-0.25, -0.2) is 0 Å². The first-order valence-electron chi connectivity index (χ1n) is 10.2. The molecule has 4 rings (SSSR count). The molecular formula is C23H28ClN3O. The average molecular weight is 398 g/mol. The second-order valence-electron chi connectivity index (χ2n) is 8.26. The maximum Gasteiger partial charge on any atom is 0.225 e. The van der Waals surface area contributed by atoms with Crippen molar-refractivity contribution in [3.63, 3.8) is 0 Å². The van der Waals surface area contributed by atoms with Crippen molar-refractivity contribution in [1.29, 1.82) is 0 Å². The minimum atomic E-state index is -0.0382. The zero-order valence-corrected chi connectivity index (χ0v) is 17.3. The Hall–Kier alpha value is -2.20. The van der Waals surface area contributed by atoms with Gasteiger partial charge >= 0.3 is 0 Å². The Balaban J connectivity index is 1.61. The minimum absolute atomic E-state index is 0.0382. The van der Waals surface area contributed by atoms with E-state index in [9.17, 15) is 4.79 Å². The Morgan fingerprint density at radius 1 is 1.14 bits per heavy atom. The number of rotatable bonds is 4. The Kier molecular flexibility index (Phi) is 5.49. The predicted molar refractivity (Wildman–Crippen MR) is 116 cm³/mol. The highest BCUT2D eigenvalue weighted by Crippen LogP contribution is 2.37. The lowest BCUT2D eigenvalue weighted by molar-refractivity contribution is -0.126. The van der Waals surface area contributed by atoms with Crippen molar-refractivity contribution in [1.82, 2.24) is 5.32 Å². The van der Waals surface area contributed by atoms with Crippen molar-refractivity contribution >= 4 is 28.9 Å². The fourth-order valence-electron chi connectivity index (χ4n) is 4.38. The number of piperazine rings is 1. The van der Waals surface area contributed by atoms with Crippen LogP contribution in [0.3, 0.4) is 0 Å². The normalized spacial score (nSPS) is 21.3. The fourth-order valence-corrected chi connectivity index (χ4v) is 4.51. The van der Waals surface area contributed by atoms with Crippen LogP contribution in [0, 0.1) is 11.8 Å². The number of benzene rings is 2. The summed E-state index contributed by atoms with van der Waals surface area (Å²) in [7, 11) is 0. The highest BCUT2D eigenvalue weighted by molar-refractivity contribution is 6.30. The van der Waals surface area contributed by atoms with Crippen molar-refractivity contribution in [2.45, 2.75) is 26.3 Å². The number of para-hydroxylation sites is 1. The molecule has 2 heterocycles. The van der Waals surface area contributed by atoms with Gasteiger partial charge in [0, 0.05) is 42.6 Å². The summed E-state index contributed by atoms with van der Waals surface area (Å²) < 4.78 is 0. The van der Waals surface area contributed by atoms with Gasteiger partial charge in [-0.15, -0.1) is 0 Å². The lowest BCUT2D eigenvalue weighted by atomic mass is 9.83. The molecule has 0 aromatic heterocycles. The largest absolute Gasteiger partial charge is 0.368 e. The molecule has 5 heteroatoms. The maximum absolute atomic E-state index is 13.1. The molecule has 0 spiro atoms. The number of hydrogen-bond donors (Lipinski definition) is 1. The van der Waals surface area contributed by atoms with Gasteiger partial charge in [-0.2, -0.15) is 0 Å². The quantitative estimate of drug-likeness (QED) is 0.847. The number of nitrogens with one attached hydrogen (secondary N) is 1. The van der Waals surface area contributed by atoms with E-state index in [2.05, 4.69) is 65.4 Å². The summed E-state index contributed by atoms with van der Waals surface area (Å²) in [5.74, 6) is 0.591. The summed E-state index contributed by atoms with van der Waals surface area (Å²) >= 11 is 6.06. The molecule has 0 saturated carbocycles. The number of hydrogen-bond acceptors (Lipinski definition) is 3. The number of carbonyl (C=O) groups excluding carboxylic acids is 1. The SMILES string of the molecule is CC(C)CNC(=O)[C@H]1Cc2ccccc2N2CCN(c3ccc(Cl)cc3)C[C@H]12. The van der Waals surface area contributed by atoms with Crippen LogP contribution in [0.5, 0.6) is 0 Å². The Morgan fingerprint density at radius 2 is 1.89 bits per heavy atom. The summed E-state index contributed by atoms with van der Waals surface area (Å²) in [6.45, 7) is 7.68. The standard InChI is InChI=1S/C23H28ClN3O/c1-16(2)14-25-23(28)20-13-17-5-3-4-6-21(17)27-12-11-26(15-22(20)27)19-9-7-18(24)8-10-19/h3-10,16,20,22H,11-15H2,1-2H3,(H,25,28)/t20-,22+/m0/s1. The zero-order chi connectivity index (χ0) is 19.7. The van der Waals surface area contributed by atoms with Crippen LogP contribution in [0.25, 0.3) is 0 Å². The lowest BCUT2D eigenvalue weighted by Gasteiger charge is -2.49. The van der Waals surface area contributed by atoms with Crippen LogP contribution < -0.4 is 15.1 Å². The maximum atomic E-state index is 13.1. The molecule has 0 radical (unpaired) electrons. The van der Waals surface area contributed by atoms with Crippen LogP contribution in [-0.4, -0.2) is 38.1 Å². The number of amides is 1. The van der Waals surface area contributed by atoms with Crippen molar-refractivity contribution in [2.75, 3.05) is 36.0 Å². The molecule has 1 amide bonds.